The molecule has 2 aromatic carbocycles. The molecule has 0 saturated carbocycles. The lowest BCUT2D eigenvalue weighted by Gasteiger charge is -2.12. The van der Waals surface area contributed by atoms with Crippen LogP contribution in [-0.4, -0.2) is 14.5 Å². The highest BCUT2D eigenvalue weighted by molar-refractivity contribution is 7.98. The van der Waals surface area contributed by atoms with Gasteiger partial charge in [-0.15, -0.1) is 0 Å². The molecule has 4 aromatic rings. The Morgan fingerprint density at radius 1 is 1.00 bits per heavy atom. The van der Waals surface area contributed by atoms with Crippen molar-refractivity contribution in [2.45, 2.75) is 37.5 Å². The summed E-state index contributed by atoms with van der Waals surface area (Å²) in [7, 11) is 0. The third-order valence-electron chi connectivity index (χ3n) is 4.92. The maximum absolute atomic E-state index is 13.0. The fourth-order valence-electron chi connectivity index (χ4n) is 3.32. The monoisotopic (exact) mass is 427 g/mol. The molecule has 0 spiro atoms. The molecule has 30 heavy (non-hydrogen) atoms. The first-order valence-electron chi connectivity index (χ1n) is 9.47. The number of hydrogen-bond donors (Lipinski definition) is 0. The van der Waals surface area contributed by atoms with Gasteiger partial charge in [-0.2, -0.15) is 13.2 Å². The minimum atomic E-state index is -4.35. The van der Waals surface area contributed by atoms with Gasteiger partial charge in [-0.05, 0) is 48.7 Å². The normalized spacial score (nSPS) is 11.9. The summed E-state index contributed by atoms with van der Waals surface area (Å²) in [6.45, 7) is 4.72. The first kappa shape index (κ1) is 20.5. The Morgan fingerprint density at radius 3 is 2.63 bits per heavy atom. The van der Waals surface area contributed by atoms with Crippen LogP contribution >= 0.6 is 11.8 Å². The topological polar surface area (TPSA) is 30.7 Å². The molecule has 0 aliphatic rings. The fourth-order valence-corrected chi connectivity index (χ4v) is 4.26. The number of halogens is 3. The second-order valence-electron chi connectivity index (χ2n) is 7.24. The summed E-state index contributed by atoms with van der Waals surface area (Å²) in [6, 6.07) is 15.5. The number of rotatable bonds is 5. The van der Waals surface area contributed by atoms with E-state index in [2.05, 4.69) is 42.0 Å². The molecule has 2 aromatic heterocycles. The zero-order valence-electron chi connectivity index (χ0n) is 16.6. The van der Waals surface area contributed by atoms with Gasteiger partial charge in [-0.1, -0.05) is 53.7 Å². The third kappa shape index (κ3) is 4.36. The summed E-state index contributed by atoms with van der Waals surface area (Å²) in [6.07, 6.45) is -2.62. The molecular formula is C23H20F3N3S. The van der Waals surface area contributed by atoms with Crippen LogP contribution in [0.2, 0.25) is 0 Å². The van der Waals surface area contributed by atoms with Crippen LogP contribution in [0.25, 0.3) is 11.2 Å². The molecule has 0 bridgehead atoms. The predicted octanol–water partition coefficient (Wildman–Crippen LogP) is 6.41. The second kappa shape index (κ2) is 8.14. The molecule has 0 aliphatic heterocycles. The van der Waals surface area contributed by atoms with Gasteiger partial charge in [0.2, 0.25) is 0 Å². The average molecular weight is 427 g/mol. The quantitative estimate of drug-likeness (QED) is 0.345. The van der Waals surface area contributed by atoms with E-state index in [0.29, 0.717) is 17.9 Å². The number of benzene rings is 2. The lowest BCUT2D eigenvalue weighted by molar-refractivity contribution is -0.137. The Balaban J connectivity index is 1.66. The van der Waals surface area contributed by atoms with Gasteiger partial charge in [0.1, 0.15) is 5.52 Å². The van der Waals surface area contributed by atoms with E-state index in [-0.39, 0.29) is 0 Å². The summed E-state index contributed by atoms with van der Waals surface area (Å²) in [5, 5.41) is 0.738. The Kier molecular flexibility index (Phi) is 5.56. The predicted molar refractivity (Wildman–Crippen MR) is 114 cm³/mol. The molecule has 0 fully saturated rings. The zero-order valence-corrected chi connectivity index (χ0v) is 17.4. The summed E-state index contributed by atoms with van der Waals surface area (Å²) < 4.78 is 41.1. The van der Waals surface area contributed by atoms with Gasteiger partial charge in [-0.25, -0.2) is 9.97 Å². The molecule has 0 aliphatic carbocycles. The van der Waals surface area contributed by atoms with Crippen LogP contribution < -0.4 is 0 Å². The van der Waals surface area contributed by atoms with Crippen molar-refractivity contribution in [2.24, 2.45) is 0 Å². The van der Waals surface area contributed by atoms with Gasteiger partial charge in [0.15, 0.2) is 10.8 Å². The number of alkyl halides is 3. The molecular weight excluding hydrogens is 407 g/mol. The molecule has 0 atom stereocenters. The highest BCUT2D eigenvalue weighted by atomic mass is 32.2. The summed E-state index contributed by atoms with van der Waals surface area (Å²) in [5.41, 5.74) is 5.03. The van der Waals surface area contributed by atoms with Gasteiger partial charge in [0.25, 0.3) is 0 Å². The van der Waals surface area contributed by atoms with Crippen LogP contribution in [0.15, 0.2) is 66.0 Å². The van der Waals surface area contributed by atoms with Crippen molar-refractivity contribution in [1.29, 1.82) is 0 Å². The van der Waals surface area contributed by atoms with Gasteiger partial charge < -0.3 is 0 Å². The van der Waals surface area contributed by atoms with Crippen LogP contribution in [0.4, 0.5) is 13.2 Å². The number of hydrogen-bond acceptors (Lipinski definition) is 3. The van der Waals surface area contributed by atoms with Gasteiger partial charge in [0, 0.05) is 11.9 Å². The zero-order chi connectivity index (χ0) is 21.3. The van der Waals surface area contributed by atoms with E-state index in [0.717, 1.165) is 22.4 Å². The third-order valence-corrected chi connectivity index (χ3v) is 5.97. The van der Waals surface area contributed by atoms with E-state index in [4.69, 9.17) is 0 Å². The van der Waals surface area contributed by atoms with Crippen molar-refractivity contribution in [3.63, 3.8) is 0 Å². The Bertz CT molecular complexity index is 1200. The number of pyridine rings is 1. The molecule has 0 radical (unpaired) electrons. The van der Waals surface area contributed by atoms with Crippen molar-refractivity contribution in [1.82, 2.24) is 14.5 Å². The molecule has 3 nitrogen and oxygen atoms in total. The van der Waals surface area contributed by atoms with Crippen molar-refractivity contribution >= 4 is 22.9 Å². The number of aromatic nitrogens is 3. The van der Waals surface area contributed by atoms with Crippen molar-refractivity contribution < 1.29 is 13.2 Å². The van der Waals surface area contributed by atoms with Gasteiger partial charge in [-0.3, -0.25) is 4.57 Å². The number of imidazole rings is 1. The molecule has 0 amide bonds. The summed E-state index contributed by atoms with van der Waals surface area (Å²) >= 11 is 1.42. The van der Waals surface area contributed by atoms with E-state index >= 15 is 0 Å². The Morgan fingerprint density at radius 2 is 1.83 bits per heavy atom. The van der Waals surface area contributed by atoms with Crippen molar-refractivity contribution in [3.8, 4) is 0 Å². The number of aryl methyl sites for hydroxylation is 2. The van der Waals surface area contributed by atoms with Crippen LogP contribution in [0.5, 0.6) is 0 Å². The first-order chi connectivity index (χ1) is 14.3. The SMILES string of the molecule is Cc1ccc(C)c(Cn2c(SCc3cccc(C(F)(F)F)c3)nc3cccnc32)c1. The number of fused-ring (bicyclic) bond motifs is 1. The molecule has 2 heterocycles. The van der Waals surface area contributed by atoms with Crippen LogP contribution in [0.3, 0.4) is 0 Å². The van der Waals surface area contributed by atoms with E-state index in [1.807, 2.05) is 16.7 Å². The summed E-state index contributed by atoms with van der Waals surface area (Å²) in [5.74, 6) is 0.389. The van der Waals surface area contributed by atoms with E-state index in [9.17, 15) is 13.2 Å². The molecule has 0 saturated heterocycles. The maximum atomic E-state index is 13.0. The average Bonchev–Trinajstić information content (AvgIpc) is 3.06. The molecule has 7 heteroatoms. The minimum absolute atomic E-state index is 0.389. The highest BCUT2D eigenvalue weighted by Crippen LogP contribution is 2.32. The molecule has 0 N–H and O–H groups in total. The Hall–Kier alpha value is -2.80. The molecule has 0 unspecified atom stereocenters. The Labute approximate surface area is 177 Å². The van der Waals surface area contributed by atoms with Crippen LogP contribution in [0, 0.1) is 13.8 Å². The van der Waals surface area contributed by atoms with E-state index in [1.165, 1.54) is 40.6 Å². The minimum Gasteiger partial charge on any atom is -0.299 e. The van der Waals surface area contributed by atoms with Gasteiger partial charge in [0.05, 0.1) is 12.1 Å². The smallest absolute Gasteiger partial charge is 0.299 e. The van der Waals surface area contributed by atoms with Crippen LogP contribution in [-0.2, 0) is 18.5 Å². The highest BCUT2D eigenvalue weighted by Gasteiger charge is 2.30. The van der Waals surface area contributed by atoms with E-state index in [1.54, 1.807) is 12.3 Å². The van der Waals surface area contributed by atoms with Crippen molar-refractivity contribution in [2.75, 3.05) is 0 Å². The van der Waals surface area contributed by atoms with Crippen LogP contribution in [0.1, 0.15) is 27.8 Å². The van der Waals surface area contributed by atoms with Crippen molar-refractivity contribution in [3.05, 3.63) is 88.6 Å². The first-order valence-corrected chi connectivity index (χ1v) is 10.5. The largest absolute Gasteiger partial charge is 0.416 e. The number of nitrogens with zero attached hydrogens (tertiary/aromatic N) is 3. The number of thioether (sulfide) groups is 1. The molecule has 4 rings (SSSR count). The maximum Gasteiger partial charge on any atom is 0.416 e. The standard InChI is InChI=1S/C23H20F3N3S/c1-15-8-9-16(2)18(11-15)13-29-21-20(7-4-10-27-21)28-22(29)30-14-17-5-3-6-19(12-17)23(24,25)26/h3-12H,13-14H2,1-2H3. The summed E-state index contributed by atoms with van der Waals surface area (Å²) in [4.78, 5) is 9.18. The molecule has 154 valence electrons. The van der Waals surface area contributed by atoms with E-state index < -0.39 is 11.7 Å². The lowest BCUT2D eigenvalue weighted by Crippen LogP contribution is -2.06. The van der Waals surface area contributed by atoms with Gasteiger partial charge >= 0.3 is 6.18 Å². The second-order valence-corrected chi connectivity index (χ2v) is 8.19. The fraction of sp³-hybridized carbons (Fsp3) is 0.217. The lowest BCUT2D eigenvalue weighted by atomic mass is 10.1.